The Hall–Kier alpha value is -1.68. The van der Waals surface area contributed by atoms with Gasteiger partial charge in [-0.1, -0.05) is 52.5 Å². The van der Waals surface area contributed by atoms with Crippen molar-refractivity contribution in [1.82, 2.24) is 0 Å². The number of rotatable bonds is 6. The van der Waals surface area contributed by atoms with Crippen LogP contribution in [0.15, 0.2) is 64.4 Å². The second-order valence-electron chi connectivity index (χ2n) is 6.39. The van der Waals surface area contributed by atoms with Gasteiger partial charge in [0.15, 0.2) is 0 Å². The SMILES string of the molecule is Cc1ccc(NS(=O)(=O)c2cc(Cl)ccc2Cl)cc1NS(=O)(=O)c1cc(Cl)ccc1Cl. The van der Waals surface area contributed by atoms with Crippen LogP contribution in [-0.2, 0) is 20.0 Å². The topological polar surface area (TPSA) is 92.3 Å². The van der Waals surface area contributed by atoms with Crippen LogP contribution in [-0.4, -0.2) is 16.8 Å². The van der Waals surface area contributed by atoms with Gasteiger partial charge in [0, 0.05) is 10.0 Å². The largest absolute Gasteiger partial charge is 0.280 e. The predicted molar refractivity (Wildman–Crippen MR) is 126 cm³/mol. The van der Waals surface area contributed by atoms with Gasteiger partial charge in [0.25, 0.3) is 20.0 Å². The minimum Gasteiger partial charge on any atom is -0.280 e. The van der Waals surface area contributed by atoms with Crippen LogP contribution in [0.1, 0.15) is 5.56 Å². The van der Waals surface area contributed by atoms with Crippen LogP contribution in [0.3, 0.4) is 0 Å². The Morgan fingerprint density at radius 3 is 1.65 bits per heavy atom. The maximum atomic E-state index is 12.8. The summed E-state index contributed by atoms with van der Waals surface area (Å²) in [5.74, 6) is 0. The summed E-state index contributed by atoms with van der Waals surface area (Å²) in [7, 11) is -8.18. The van der Waals surface area contributed by atoms with Crippen molar-refractivity contribution < 1.29 is 16.8 Å². The fourth-order valence-corrected chi connectivity index (χ4v) is 6.27. The van der Waals surface area contributed by atoms with Crippen LogP contribution < -0.4 is 9.44 Å². The van der Waals surface area contributed by atoms with Gasteiger partial charge in [-0.25, -0.2) is 16.8 Å². The van der Waals surface area contributed by atoms with Crippen molar-refractivity contribution >= 4 is 77.8 Å². The fourth-order valence-electron chi connectivity index (χ4n) is 2.57. The van der Waals surface area contributed by atoms with E-state index in [4.69, 9.17) is 46.4 Å². The molecule has 6 nitrogen and oxygen atoms in total. The third-order valence-corrected chi connectivity index (χ3v) is 8.28. The molecule has 31 heavy (non-hydrogen) atoms. The van der Waals surface area contributed by atoms with Gasteiger partial charge in [0.05, 0.1) is 21.4 Å². The summed E-state index contributed by atoms with van der Waals surface area (Å²) in [6.45, 7) is 1.66. The third-order valence-electron chi connectivity index (χ3n) is 4.10. The monoisotopic (exact) mass is 538 g/mol. The van der Waals surface area contributed by atoms with Gasteiger partial charge in [-0.3, -0.25) is 9.44 Å². The molecule has 0 aliphatic heterocycles. The average Bonchev–Trinajstić information content (AvgIpc) is 2.67. The molecule has 0 fully saturated rings. The lowest BCUT2D eigenvalue weighted by Crippen LogP contribution is -2.16. The van der Waals surface area contributed by atoms with E-state index in [0.29, 0.717) is 5.56 Å². The third kappa shape index (κ3) is 5.58. The lowest BCUT2D eigenvalue weighted by Gasteiger charge is -2.15. The zero-order valence-corrected chi connectivity index (χ0v) is 20.3. The van der Waals surface area contributed by atoms with E-state index < -0.39 is 20.0 Å². The van der Waals surface area contributed by atoms with E-state index in [1.807, 2.05) is 0 Å². The number of nitrogens with one attached hydrogen (secondary N) is 2. The molecule has 0 bridgehead atoms. The Balaban J connectivity index is 1.95. The number of hydrogen-bond acceptors (Lipinski definition) is 4. The second kappa shape index (κ2) is 9.05. The van der Waals surface area contributed by atoms with E-state index >= 15 is 0 Å². The Morgan fingerprint density at radius 1 is 0.645 bits per heavy atom. The Labute approximate surface area is 200 Å². The van der Waals surface area contributed by atoms with Crippen molar-refractivity contribution in [3.8, 4) is 0 Å². The molecule has 164 valence electrons. The van der Waals surface area contributed by atoms with Crippen LogP contribution in [0.4, 0.5) is 11.4 Å². The summed E-state index contributed by atoms with van der Waals surface area (Å²) >= 11 is 23.8. The van der Waals surface area contributed by atoms with Crippen LogP contribution >= 0.6 is 46.4 Å². The highest BCUT2D eigenvalue weighted by atomic mass is 35.5. The Morgan fingerprint density at radius 2 is 1.13 bits per heavy atom. The summed E-state index contributed by atoms with van der Waals surface area (Å²) < 4.78 is 55.8. The number of benzene rings is 3. The first-order chi connectivity index (χ1) is 14.4. The van der Waals surface area contributed by atoms with Gasteiger partial charge in [0.1, 0.15) is 9.79 Å². The Bertz CT molecular complexity index is 1380. The van der Waals surface area contributed by atoms with E-state index in [1.165, 1.54) is 48.5 Å². The number of sulfonamides is 2. The number of anilines is 2. The first-order valence-corrected chi connectivity index (χ1v) is 12.9. The first-order valence-electron chi connectivity index (χ1n) is 8.45. The molecular weight excluding hydrogens is 526 g/mol. The van der Waals surface area contributed by atoms with Gasteiger partial charge in [-0.15, -0.1) is 0 Å². The van der Waals surface area contributed by atoms with Gasteiger partial charge in [-0.2, -0.15) is 0 Å². The summed E-state index contributed by atoms with van der Waals surface area (Å²) in [5.41, 5.74) is 0.801. The van der Waals surface area contributed by atoms with Crippen molar-refractivity contribution in [2.24, 2.45) is 0 Å². The van der Waals surface area contributed by atoms with Crippen molar-refractivity contribution in [1.29, 1.82) is 0 Å². The molecule has 0 saturated heterocycles. The summed E-state index contributed by atoms with van der Waals surface area (Å²) in [5, 5.41) is 0.365. The van der Waals surface area contributed by atoms with E-state index in [1.54, 1.807) is 13.0 Å². The molecule has 0 saturated carbocycles. The van der Waals surface area contributed by atoms with E-state index in [0.717, 1.165) is 0 Å². The van der Waals surface area contributed by atoms with Gasteiger partial charge >= 0.3 is 0 Å². The highest BCUT2D eigenvalue weighted by molar-refractivity contribution is 7.93. The molecule has 0 atom stereocenters. The van der Waals surface area contributed by atoms with E-state index in [2.05, 4.69) is 9.44 Å². The van der Waals surface area contributed by atoms with Crippen molar-refractivity contribution in [3.63, 3.8) is 0 Å². The van der Waals surface area contributed by atoms with Crippen molar-refractivity contribution in [2.75, 3.05) is 9.44 Å². The molecule has 12 heteroatoms. The van der Waals surface area contributed by atoms with Gasteiger partial charge in [-0.05, 0) is 61.0 Å². The van der Waals surface area contributed by atoms with Crippen LogP contribution in [0.5, 0.6) is 0 Å². The lowest BCUT2D eigenvalue weighted by atomic mass is 10.2. The molecule has 0 amide bonds. The number of halogens is 4. The first kappa shape index (κ1) is 24.0. The maximum absolute atomic E-state index is 12.8. The zero-order chi connectivity index (χ0) is 23.0. The fraction of sp³-hybridized carbons (Fsp3) is 0.0526. The van der Waals surface area contributed by atoms with Crippen LogP contribution in [0.2, 0.25) is 20.1 Å². The minimum atomic E-state index is -4.10. The van der Waals surface area contributed by atoms with Crippen molar-refractivity contribution in [3.05, 3.63) is 80.3 Å². The van der Waals surface area contributed by atoms with Crippen molar-refractivity contribution in [2.45, 2.75) is 16.7 Å². The molecule has 0 aliphatic carbocycles. The molecule has 2 N–H and O–H groups in total. The summed E-state index contributed by atoms with van der Waals surface area (Å²) in [6, 6.07) is 12.5. The minimum absolute atomic E-state index is 0.0120. The van der Waals surface area contributed by atoms with Crippen LogP contribution in [0.25, 0.3) is 0 Å². The standard InChI is InChI=1S/C19H14Cl4N2O4S2/c1-11-2-5-14(24-30(26,27)18-8-12(20)3-6-15(18)22)10-17(11)25-31(28,29)19-9-13(21)4-7-16(19)23/h2-10,24-25H,1H3. The zero-order valence-electron chi connectivity index (χ0n) is 15.7. The highest BCUT2D eigenvalue weighted by Crippen LogP contribution is 2.31. The number of hydrogen-bond donors (Lipinski definition) is 2. The summed E-state index contributed by atoms with van der Waals surface area (Å²) in [6.07, 6.45) is 0. The van der Waals surface area contributed by atoms with E-state index in [9.17, 15) is 16.8 Å². The smallest absolute Gasteiger partial charge is 0.263 e. The molecule has 0 radical (unpaired) electrons. The molecule has 3 rings (SSSR count). The quantitative estimate of drug-likeness (QED) is 0.389. The molecule has 0 spiro atoms. The molecular formula is C19H14Cl4N2O4S2. The summed E-state index contributed by atoms with van der Waals surface area (Å²) in [4.78, 5) is -0.423. The molecule has 3 aromatic carbocycles. The average molecular weight is 540 g/mol. The molecule has 0 aliphatic rings. The maximum Gasteiger partial charge on any atom is 0.263 e. The normalized spacial score (nSPS) is 11.9. The lowest BCUT2D eigenvalue weighted by molar-refractivity contribution is 0.599. The molecule has 0 unspecified atom stereocenters. The molecule has 0 heterocycles. The second-order valence-corrected chi connectivity index (χ2v) is 11.4. The van der Waals surface area contributed by atoms with Crippen LogP contribution in [0, 0.1) is 6.92 Å². The van der Waals surface area contributed by atoms with Gasteiger partial charge in [0.2, 0.25) is 0 Å². The number of aryl methyl sites for hydroxylation is 1. The van der Waals surface area contributed by atoms with Gasteiger partial charge < -0.3 is 0 Å². The molecule has 3 aromatic rings. The Kier molecular flexibility index (Phi) is 7.00. The predicted octanol–water partition coefficient (Wildman–Crippen LogP) is 6.21. The van der Waals surface area contributed by atoms with E-state index in [-0.39, 0.29) is 41.3 Å². The molecule has 0 aromatic heterocycles. The highest BCUT2D eigenvalue weighted by Gasteiger charge is 2.22.